The molecule has 1 atom stereocenters. The van der Waals surface area contributed by atoms with Gasteiger partial charge in [0.25, 0.3) is 0 Å². The highest BCUT2D eigenvalue weighted by Crippen LogP contribution is 2.36. The number of thioether (sulfide) groups is 1. The Morgan fingerprint density at radius 1 is 1.19 bits per heavy atom. The molecule has 8 nitrogen and oxygen atoms in total. The van der Waals surface area contributed by atoms with Crippen LogP contribution in [0.2, 0.25) is 5.02 Å². The number of methoxy groups -OCH3 is 1. The molecule has 1 saturated heterocycles. The van der Waals surface area contributed by atoms with Gasteiger partial charge in [-0.05, 0) is 42.5 Å². The lowest BCUT2D eigenvalue weighted by atomic mass is 10.3. The summed E-state index contributed by atoms with van der Waals surface area (Å²) in [6.07, 6.45) is 1.70. The van der Waals surface area contributed by atoms with Crippen molar-refractivity contribution in [3.05, 3.63) is 59.6 Å². The van der Waals surface area contributed by atoms with Gasteiger partial charge in [-0.3, -0.25) is 14.4 Å². The number of carboxylic acids is 1. The number of anilines is 2. The molecule has 0 aromatic heterocycles. The van der Waals surface area contributed by atoms with E-state index in [0.29, 0.717) is 22.1 Å². The average Bonchev–Trinajstić information content (AvgIpc) is 3.00. The Hall–Kier alpha value is -3.30. The van der Waals surface area contributed by atoms with Gasteiger partial charge in [0.15, 0.2) is 0 Å². The lowest BCUT2D eigenvalue weighted by Crippen LogP contribution is -2.31. The van der Waals surface area contributed by atoms with Crippen molar-refractivity contribution >= 4 is 58.4 Å². The molecular formula is C21H17ClN2O6S. The number of halogens is 1. The number of rotatable bonds is 7. The largest absolute Gasteiger partial charge is 0.495 e. The van der Waals surface area contributed by atoms with E-state index in [9.17, 15) is 19.2 Å². The van der Waals surface area contributed by atoms with Crippen molar-refractivity contribution in [2.45, 2.75) is 16.6 Å². The van der Waals surface area contributed by atoms with Crippen molar-refractivity contribution in [3.63, 3.8) is 0 Å². The number of carbonyl (C=O) groups is 4. The summed E-state index contributed by atoms with van der Waals surface area (Å²) in [5, 5.41) is 10.8. The summed E-state index contributed by atoms with van der Waals surface area (Å²) in [5.74, 6) is -2.01. The lowest BCUT2D eigenvalue weighted by molar-refractivity contribution is -0.131. The van der Waals surface area contributed by atoms with Crippen LogP contribution < -0.4 is 15.0 Å². The minimum atomic E-state index is -1.22. The number of aliphatic carboxylic acids is 1. The molecule has 2 aromatic rings. The number of hydrogen-bond donors (Lipinski definition) is 2. The standard InChI is InChI=1S/C21H17ClN2O6S/c1-30-16-7-4-13(10-15(16)22)24-19(26)11-17(21(24)29)31-14-5-2-12(3-6-14)23-18(25)8-9-20(27)28/h2-10,17H,11H2,1H3,(H,23,25)(H,27,28)/b9-8+/t17-/m0/s1. The fourth-order valence-corrected chi connectivity index (χ4v) is 4.18. The van der Waals surface area contributed by atoms with Gasteiger partial charge >= 0.3 is 5.97 Å². The molecule has 0 aliphatic carbocycles. The Morgan fingerprint density at radius 2 is 1.90 bits per heavy atom. The lowest BCUT2D eigenvalue weighted by Gasteiger charge is -2.16. The van der Waals surface area contributed by atoms with Crippen LogP contribution in [0.5, 0.6) is 5.75 Å². The minimum absolute atomic E-state index is 0.0472. The van der Waals surface area contributed by atoms with Gasteiger partial charge in [0.1, 0.15) is 5.75 Å². The van der Waals surface area contributed by atoms with Crippen LogP contribution in [0.15, 0.2) is 59.5 Å². The zero-order chi connectivity index (χ0) is 22.5. The summed E-state index contributed by atoms with van der Waals surface area (Å²) in [4.78, 5) is 49.2. The molecule has 2 N–H and O–H groups in total. The van der Waals surface area contributed by atoms with Crippen molar-refractivity contribution in [2.24, 2.45) is 0 Å². The predicted molar refractivity (Wildman–Crippen MR) is 117 cm³/mol. The molecule has 0 spiro atoms. The second-order valence-electron chi connectivity index (χ2n) is 6.38. The van der Waals surface area contributed by atoms with E-state index in [0.717, 1.165) is 21.9 Å². The Bertz CT molecular complexity index is 1070. The average molecular weight is 461 g/mol. The van der Waals surface area contributed by atoms with Crippen LogP contribution in [0.25, 0.3) is 0 Å². The quantitative estimate of drug-likeness (QED) is 0.481. The Morgan fingerprint density at radius 3 is 2.52 bits per heavy atom. The number of benzene rings is 2. The van der Waals surface area contributed by atoms with Crippen LogP contribution in [-0.4, -0.2) is 41.2 Å². The maximum atomic E-state index is 12.8. The van der Waals surface area contributed by atoms with E-state index >= 15 is 0 Å². The van der Waals surface area contributed by atoms with E-state index in [1.165, 1.54) is 24.9 Å². The van der Waals surface area contributed by atoms with E-state index in [1.54, 1.807) is 36.4 Å². The van der Waals surface area contributed by atoms with Crippen molar-refractivity contribution < 1.29 is 29.0 Å². The molecule has 0 saturated carbocycles. The first-order chi connectivity index (χ1) is 14.8. The molecule has 1 heterocycles. The maximum Gasteiger partial charge on any atom is 0.328 e. The topological polar surface area (TPSA) is 113 Å². The fraction of sp³-hybridized carbons (Fsp3) is 0.143. The van der Waals surface area contributed by atoms with E-state index in [1.807, 2.05) is 0 Å². The highest BCUT2D eigenvalue weighted by atomic mass is 35.5. The molecule has 3 amide bonds. The highest BCUT2D eigenvalue weighted by molar-refractivity contribution is 8.00. The van der Waals surface area contributed by atoms with Crippen LogP contribution >= 0.6 is 23.4 Å². The Kier molecular flexibility index (Phi) is 6.98. The molecule has 10 heteroatoms. The van der Waals surface area contributed by atoms with Crippen LogP contribution in [0.1, 0.15) is 6.42 Å². The van der Waals surface area contributed by atoms with Crippen LogP contribution in [0.3, 0.4) is 0 Å². The van der Waals surface area contributed by atoms with Crippen LogP contribution in [0, 0.1) is 0 Å². The van der Waals surface area contributed by atoms with Gasteiger partial charge in [0.05, 0.1) is 23.1 Å². The summed E-state index contributed by atoms with van der Waals surface area (Å²) in [5.41, 5.74) is 0.851. The second-order valence-corrected chi connectivity index (χ2v) is 8.07. The zero-order valence-corrected chi connectivity index (χ0v) is 17.8. The van der Waals surface area contributed by atoms with Crippen molar-refractivity contribution in [2.75, 3.05) is 17.3 Å². The molecule has 2 aromatic carbocycles. The normalized spacial score (nSPS) is 16.1. The first-order valence-corrected chi connectivity index (χ1v) is 10.2. The summed E-state index contributed by atoms with van der Waals surface area (Å²) in [6.45, 7) is 0. The molecule has 1 aliphatic rings. The monoisotopic (exact) mass is 460 g/mol. The SMILES string of the molecule is COc1ccc(N2C(=O)C[C@H](Sc3ccc(NC(=O)/C=C/C(=O)O)cc3)C2=O)cc1Cl. The van der Waals surface area contributed by atoms with E-state index in [-0.39, 0.29) is 18.2 Å². The van der Waals surface area contributed by atoms with Crippen LogP contribution in [0.4, 0.5) is 11.4 Å². The highest BCUT2D eigenvalue weighted by Gasteiger charge is 2.40. The predicted octanol–water partition coefficient (Wildman–Crippen LogP) is 3.35. The third kappa shape index (κ3) is 5.44. The molecule has 0 unspecified atom stereocenters. The molecule has 1 aliphatic heterocycles. The number of carbonyl (C=O) groups excluding carboxylic acids is 3. The smallest absolute Gasteiger partial charge is 0.328 e. The summed E-state index contributed by atoms with van der Waals surface area (Å²) < 4.78 is 5.09. The molecule has 31 heavy (non-hydrogen) atoms. The number of hydrogen-bond acceptors (Lipinski definition) is 6. The van der Waals surface area contributed by atoms with E-state index in [4.69, 9.17) is 21.4 Å². The molecule has 0 bridgehead atoms. The van der Waals surface area contributed by atoms with Gasteiger partial charge in [-0.25, -0.2) is 9.69 Å². The van der Waals surface area contributed by atoms with Crippen molar-refractivity contribution in [3.8, 4) is 5.75 Å². The number of nitrogens with one attached hydrogen (secondary N) is 1. The van der Waals surface area contributed by atoms with Gasteiger partial charge in [-0.1, -0.05) is 11.6 Å². The number of imide groups is 1. The summed E-state index contributed by atoms with van der Waals surface area (Å²) in [7, 11) is 1.48. The Balaban J connectivity index is 1.66. The molecule has 0 radical (unpaired) electrons. The zero-order valence-electron chi connectivity index (χ0n) is 16.2. The first-order valence-electron chi connectivity index (χ1n) is 8.97. The molecule has 160 valence electrons. The van der Waals surface area contributed by atoms with Gasteiger partial charge in [-0.2, -0.15) is 0 Å². The molecular weight excluding hydrogens is 444 g/mol. The number of amides is 3. The van der Waals surface area contributed by atoms with Gasteiger partial charge < -0.3 is 15.2 Å². The Labute approximate surface area is 186 Å². The third-order valence-electron chi connectivity index (χ3n) is 4.28. The van der Waals surface area contributed by atoms with Crippen molar-refractivity contribution in [1.29, 1.82) is 0 Å². The molecule has 3 rings (SSSR count). The number of ether oxygens (including phenoxy) is 1. The van der Waals surface area contributed by atoms with Gasteiger partial charge in [0, 0.05) is 29.2 Å². The maximum absolute atomic E-state index is 12.8. The van der Waals surface area contributed by atoms with E-state index < -0.39 is 17.1 Å². The second kappa shape index (κ2) is 9.67. The van der Waals surface area contributed by atoms with Gasteiger partial charge in [0.2, 0.25) is 17.7 Å². The molecule has 1 fully saturated rings. The number of carboxylic acid groups (broad SMARTS) is 1. The van der Waals surface area contributed by atoms with E-state index in [2.05, 4.69) is 5.32 Å². The van der Waals surface area contributed by atoms with Crippen LogP contribution in [-0.2, 0) is 19.2 Å². The van der Waals surface area contributed by atoms with Gasteiger partial charge in [-0.15, -0.1) is 11.8 Å². The summed E-state index contributed by atoms with van der Waals surface area (Å²) in [6, 6.07) is 11.4. The van der Waals surface area contributed by atoms with Crippen molar-refractivity contribution in [1.82, 2.24) is 0 Å². The number of nitrogens with zero attached hydrogens (tertiary/aromatic N) is 1. The third-order valence-corrected chi connectivity index (χ3v) is 5.77. The summed E-state index contributed by atoms with van der Waals surface area (Å²) >= 11 is 7.35. The minimum Gasteiger partial charge on any atom is -0.495 e. The fourth-order valence-electron chi connectivity index (χ4n) is 2.87. The first kappa shape index (κ1) is 22.4.